The smallest absolute Gasteiger partial charge is 0.234 e. The molecule has 1 N–H and O–H groups in total. The van der Waals surface area contributed by atoms with Crippen molar-refractivity contribution < 1.29 is 4.79 Å². The van der Waals surface area contributed by atoms with E-state index in [-0.39, 0.29) is 11.9 Å². The summed E-state index contributed by atoms with van der Waals surface area (Å²) in [4.78, 5) is 17.6. The number of fused-ring (bicyclic) bond motifs is 1. The lowest BCUT2D eigenvalue weighted by Gasteiger charge is -2.08. The summed E-state index contributed by atoms with van der Waals surface area (Å²) in [6.07, 6.45) is 3.45. The van der Waals surface area contributed by atoms with Crippen molar-refractivity contribution in [3.8, 4) is 0 Å². The molecule has 0 saturated carbocycles. The highest BCUT2D eigenvalue weighted by molar-refractivity contribution is 8.00. The van der Waals surface area contributed by atoms with Crippen LogP contribution in [-0.2, 0) is 4.79 Å². The maximum atomic E-state index is 12.1. The largest absolute Gasteiger partial charge is 0.324 e. The number of thioether (sulfide) groups is 1. The van der Waals surface area contributed by atoms with Gasteiger partial charge < -0.3 is 5.32 Å². The molecule has 24 heavy (non-hydrogen) atoms. The van der Waals surface area contributed by atoms with Gasteiger partial charge in [0.25, 0.3) is 0 Å². The van der Waals surface area contributed by atoms with Gasteiger partial charge in [0.05, 0.1) is 23.8 Å². The van der Waals surface area contributed by atoms with Gasteiger partial charge in [-0.15, -0.1) is 11.8 Å². The van der Waals surface area contributed by atoms with Crippen LogP contribution in [0.2, 0.25) is 0 Å². The Labute approximate surface area is 145 Å². The molecule has 1 aromatic carbocycles. The standard InChI is InChI=1S/C18H20N4OS/c1-12(2)22-18-14(9-20-22)8-15(10-19-18)21-17(23)11-24-16-6-4-13(3)5-7-16/h4-10,12H,11H2,1-3H3,(H,21,23). The highest BCUT2D eigenvalue weighted by Gasteiger charge is 2.09. The Kier molecular flexibility index (Phi) is 4.85. The molecule has 3 aromatic rings. The number of hydrogen-bond donors (Lipinski definition) is 1. The average molecular weight is 340 g/mol. The first-order valence-electron chi connectivity index (χ1n) is 7.85. The maximum absolute atomic E-state index is 12.1. The lowest BCUT2D eigenvalue weighted by atomic mass is 10.2. The third kappa shape index (κ3) is 3.76. The first-order valence-corrected chi connectivity index (χ1v) is 8.84. The van der Waals surface area contributed by atoms with Gasteiger partial charge in [0.1, 0.15) is 0 Å². The van der Waals surface area contributed by atoms with Crippen molar-refractivity contribution in [2.45, 2.75) is 31.7 Å². The molecule has 0 fully saturated rings. The van der Waals surface area contributed by atoms with Crippen LogP contribution in [0, 0.1) is 6.92 Å². The predicted molar refractivity (Wildman–Crippen MR) is 98.4 cm³/mol. The minimum atomic E-state index is -0.0435. The number of carbonyl (C=O) groups is 1. The van der Waals surface area contributed by atoms with E-state index in [4.69, 9.17) is 0 Å². The highest BCUT2D eigenvalue weighted by Crippen LogP contribution is 2.21. The van der Waals surface area contributed by atoms with E-state index >= 15 is 0 Å². The summed E-state index contributed by atoms with van der Waals surface area (Å²) in [6.45, 7) is 6.17. The zero-order valence-electron chi connectivity index (χ0n) is 14.0. The minimum absolute atomic E-state index is 0.0435. The van der Waals surface area contributed by atoms with Crippen LogP contribution in [-0.4, -0.2) is 26.4 Å². The van der Waals surface area contributed by atoms with Gasteiger partial charge >= 0.3 is 0 Å². The molecular formula is C18H20N4OS. The first kappa shape index (κ1) is 16.5. The third-order valence-electron chi connectivity index (χ3n) is 3.60. The molecule has 5 nitrogen and oxygen atoms in total. The van der Waals surface area contributed by atoms with E-state index in [2.05, 4.69) is 29.2 Å². The average Bonchev–Trinajstić information content (AvgIpc) is 2.97. The van der Waals surface area contributed by atoms with E-state index in [1.54, 1.807) is 12.4 Å². The normalized spacial score (nSPS) is 11.2. The molecule has 0 atom stereocenters. The molecule has 0 spiro atoms. The molecule has 2 heterocycles. The van der Waals surface area contributed by atoms with Crippen LogP contribution in [0.5, 0.6) is 0 Å². The van der Waals surface area contributed by atoms with Crippen LogP contribution >= 0.6 is 11.8 Å². The first-order chi connectivity index (χ1) is 11.5. The summed E-state index contributed by atoms with van der Waals surface area (Å²) in [7, 11) is 0. The molecule has 3 rings (SSSR count). The van der Waals surface area contributed by atoms with Crippen LogP contribution < -0.4 is 5.32 Å². The number of pyridine rings is 1. The molecule has 0 aliphatic carbocycles. The van der Waals surface area contributed by atoms with Gasteiger partial charge in [-0.05, 0) is 39.0 Å². The summed E-state index contributed by atoms with van der Waals surface area (Å²) in [6, 6.07) is 10.3. The third-order valence-corrected chi connectivity index (χ3v) is 4.61. The summed E-state index contributed by atoms with van der Waals surface area (Å²) >= 11 is 1.52. The lowest BCUT2D eigenvalue weighted by molar-refractivity contribution is -0.113. The molecule has 0 bridgehead atoms. The number of hydrogen-bond acceptors (Lipinski definition) is 4. The van der Waals surface area contributed by atoms with Crippen molar-refractivity contribution in [1.29, 1.82) is 0 Å². The molecule has 0 aliphatic heterocycles. The molecular weight excluding hydrogens is 320 g/mol. The van der Waals surface area contributed by atoms with Gasteiger partial charge in [-0.1, -0.05) is 17.7 Å². The van der Waals surface area contributed by atoms with Gasteiger partial charge in [-0.25, -0.2) is 9.67 Å². The number of rotatable bonds is 5. The Morgan fingerprint density at radius 1 is 1.25 bits per heavy atom. The van der Waals surface area contributed by atoms with E-state index in [0.717, 1.165) is 15.9 Å². The van der Waals surface area contributed by atoms with Gasteiger partial charge in [0.2, 0.25) is 5.91 Å². The Morgan fingerprint density at radius 3 is 2.71 bits per heavy atom. The fourth-order valence-electron chi connectivity index (χ4n) is 2.37. The van der Waals surface area contributed by atoms with Crippen LogP contribution in [0.4, 0.5) is 5.69 Å². The summed E-state index contributed by atoms with van der Waals surface area (Å²) in [5.41, 5.74) is 2.74. The fourth-order valence-corrected chi connectivity index (χ4v) is 3.07. The van der Waals surface area contributed by atoms with Gasteiger partial charge in [0, 0.05) is 16.3 Å². The topological polar surface area (TPSA) is 59.8 Å². The summed E-state index contributed by atoms with van der Waals surface area (Å²) in [5.74, 6) is 0.324. The number of benzene rings is 1. The molecule has 0 radical (unpaired) electrons. The zero-order valence-corrected chi connectivity index (χ0v) is 14.8. The molecule has 6 heteroatoms. The van der Waals surface area contributed by atoms with Crippen LogP contribution in [0.25, 0.3) is 11.0 Å². The number of anilines is 1. The van der Waals surface area contributed by atoms with Crippen molar-refractivity contribution in [3.63, 3.8) is 0 Å². The van der Waals surface area contributed by atoms with Gasteiger partial charge in [-0.3, -0.25) is 4.79 Å². The van der Waals surface area contributed by atoms with Crippen molar-refractivity contribution in [2.24, 2.45) is 0 Å². The van der Waals surface area contributed by atoms with Crippen molar-refractivity contribution in [2.75, 3.05) is 11.1 Å². The second kappa shape index (κ2) is 7.05. The van der Waals surface area contributed by atoms with Crippen molar-refractivity contribution in [3.05, 3.63) is 48.3 Å². The van der Waals surface area contributed by atoms with Crippen LogP contribution in [0.15, 0.2) is 47.6 Å². The lowest BCUT2D eigenvalue weighted by Crippen LogP contribution is -2.14. The number of nitrogens with zero attached hydrogens (tertiary/aromatic N) is 3. The second-order valence-electron chi connectivity index (χ2n) is 5.97. The molecule has 0 saturated heterocycles. The Bertz CT molecular complexity index is 855. The second-order valence-corrected chi connectivity index (χ2v) is 7.02. The zero-order chi connectivity index (χ0) is 17.1. The van der Waals surface area contributed by atoms with Gasteiger partial charge in [0.15, 0.2) is 5.65 Å². The van der Waals surface area contributed by atoms with E-state index in [1.165, 1.54) is 17.3 Å². The van der Waals surface area contributed by atoms with Gasteiger partial charge in [-0.2, -0.15) is 5.10 Å². The van der Waals surface area contributed by atoms with Crippen molar-refractivity contribution >= 4 is 34.4 Å². The van der Waals surface area contributed by atoms with Crippen LogP contribution in [0.3, 0.4) is 0 Å². The SMILES string of the molecule is Cc1ccc(SCC(=O)Nc2cnc3c(cnn3C(C)C)c2)cc1. The molecule has 2 aromatic heterocycles. The molecule has 124 valence electrons. The van der Waals surface area contributed by atoms with E-state index in [1.807, 2.05) is 41.9 Å². The Balaban J connectivity index is 1.63. The quantitative estimate of drug-likeness (QED) is 0.712. The Morgan fingerprint density at radius 2 is 2.00 bits per heavy atom. The maximum Gasteiger partial charge on any atom is 0.234 e. The number of aromatic nitrogens is 3. The monoisotopic (exact) mass is 340 g/mol. The molecule has 0 aliphatic rings. The number of aryl methyl sites for hydroxylation is 1. The van der Waals surface area contributed by atoms with E-state index in [9.17, 15) is 4.79 Å². The van der Waals surface area contributed by atoms with E-state index < -0.39 is 0 Å². The number of carbonyl (C=O) groups excluding carboxylic acids is 1. The summed E-state index contributed by atoms with van der Waals surface area (Å²) in [5, 5.41) is 8.15. The number of nitrogens with one attached hydrogen (secondary N) is 1. The molecule has 0 unspecified atom stereocenters. The Hall–Kier alpha value is -2.34. The minimum Gasteiger partial charge on any atom is -0.324 e. The number of amides is 1. The van der Waals surface area contributed by atoms with E-state index in [0.29, 0.717) is 11.4 Å². The predicted octanol–water partition coefficient (Wildman–Crippen LogP) is 4.05. The molecule has 1 amide bonds. The van der Waals surface area contributed by atoms with Crippen molar-refractivity contribution in [1.82, 2.24) is 14.8 Å². The van der Waals surface area contributed by atoms with Crippen LogP contribution in [0.1, 0.15) is 25.5 Å². The highest BCUT2D eigenvalue weighted by atomic mass is 32.2. The summed E-state index contributed by atoms with van der Waals surface area (Å²) < 4.78 is 1.87. The fraction of sp³-hybridized carbons (Fsp3) is 0.278.